The molecule has 1 amide bonds. The highest BCUT2D eigenvalue weighted by atomic mass is 32.1. The molecule has 2 fully saturated rings. The number of thiol groups is 1. The lowest BCUT2D eigenvalue weighted by atomic mass is 10.1. The van der Waals surface area contributed by atoms with Crippen molar-refractivity contribution in [3.8, 4) is 0 Å². The van der Waals surface area contributed by atoms with Gasteiger partial charge in [-0.25, -0.2) is 4.79 Å². The number of ether oxygens (including phenoxy) is 1. The molecule has 0 N–H and O–H groups in total. The molecule has 0 bridgehead atoms. The van der Waals surface area contributed by atoms with Gasteiger partial charge in [-0.15, -0.1) is 0 Å². The minimum Gasteiger partial charge on any atom is -0.444 e. The van der Waals surface area contributed by atoms with Crippen molar-refractivity contribution in [2.75, 3.05) is 38.5 Å². The Morgan fingerprint density at radius 2 is 1.79 bits per heavy atom. The van der Waals surface area contributed by atoms with Gasteiger partial charge in [0.25, 0.3) is 0 Å². The number of hydrogen-bond acceptors (Lipinski definition) is 4. The Bertz CT molecular complexity index is 329. The van der Waals surface area contributed by atoms with Crippen molar-refractivity contribution in [2.45, 2.75) is 39.2 Å². The van der Waals surface area contributed by atoms with E-state index in [0.29, 0.717) is 5.41 Å². The Hall–Kier alpha value is -0.420. The van der Waals surface area contributed by atoms with Crippen LogP contribution in [0, 0.1) is 5.41 Å². The molecular formula is C14H26N2O2S. The van der Waals surface area contributed by atoms with Gasteiger partial charge in [0.2, 0.25) is 0 Å². The monoisotopic (exact) mass is 286 g/mol. The highest BCUT2D eigenvalue weighted by Gasteiger charge is 2.43. The summed E-state index contributed by atoms with van der Waals surface area (Å²) in [6, 6.07) is 0. The lowest BCUT2D eigenvalue weighted by Crippen LogP contribution is -2.51. The van der Waals surface area contributed by atoms with Gasteiger partial charge in [-0.2, -0.15) is 12.6 Å². The van der Waals surface area contributed by atoms with Gasteiger partial charge in [0.15, 0.2) is 0 Å². The first-order chi connectivity index (χ1) is 8.84. The van der Waals surface area contributed by atoms with Crippen molar-refractivity contribution in [3.63, 3.8) is 0 Å². The van der Waals surface area contributed by atoms with Gasteiger partial charge < -0.3 is 9.64 Å². The van der Waals surface area contributed by atoms with Gasteiger partial charge >= 0.3 is 6.09 Å². The summed E-state index contributed by atoms with van der Waals surface area (Å²) in [5.74, 6) is 0.985. The lowest BCUT2D eigenvalue weighted by molar-refractivity contribution is 0.0132. The van der Waals surface area contributed by atoms with Crippen LogP contribution in [0.3, 0.4) is 0 Å². The number of amides is 1. The van der Waals surface area contributed by atoms with Crippen molar-refractivity contribution in [2.24, 2.45) is 5.41 Å². The van der Waals surface area contributed by atoms with Crippen molar-refractivity contribution in [3.05, 3.63) is 0 Å². The molecule has 2 aliphatic rings. The van der Waals surface area contributed by atoms with E-state index in [0.717, 1.165) is 38.5 Å². The van der Waals surface area contributed by atoms with Crippen molar-refractivity contribution >= 4 is 18.7 Å². The Kier molecular flexibility index (Phi) is 4.35. The Labute approximate surface area is 121 Å². The van der Waals surface area contributed by atoms with E-state index in [4.69, 9.17) is 4.74 Å². The molecule has 110 valence electrons. The van der Waals surface area contributed by atoms with E-state index in [1.54, 1.807) is 0 Å². The summed E-state index contributed by atoms with van der Waals surface area (Å²) in [6.45, 7) is 10.3. The van der Waals surface area contributed by atoms with Crippen LogP contribution in [-0.4, -0.2) is 60.0 Å². The number of rotatable bonds is 3. The maximum Gasteiger partial charge on any atom is 0.410 e. The summed E-state index contributed by atoms with van der Waals surface area (Å²) in [5, 5.41) is 0. The Morgan fingerprint density at radius 1 is 1.21 bits per heavy atom. The number of carbonyl (C=O) groups excluding carboxylic acids is 1. The smallest absolute Gasteiger partial charge is 0.410 e. The molecule has 0 spiro atoms. The number of piperazine rings is 1. The molecular weight excluding hydrogens is 260 g/mol. The molecule has 0 radical (unpaired) electrons. The van der Waals surface area contributed by atoms with E-state index < -0.39 is 5.60 Å². The van der Waals surface area contributed by atoms with Crippen LogP contribution in [0.5, 0.6) is 0 Å². The van der Waals surface area contributed by atoms with Crippen LogP contribution >= 0.6 is 12.6 Å². The zero-order chi connectivity index (χ0) is 14.1. The first kappa shape index (κ1) is 15.0. The third-order valence-electron chi connectivity index (χ3n) is 3.88. The Balaban J connectivity index is 1.74. The van der Waals surface area contributed by atoms with E-state index in [1.165, 1.54) is 12.8 Å². The van der Waals surface area contributed by atoms with E-state index in [1.807, 2.05) is 25.7 Å². The fraction of sp³-hybridized carbons (Fsp3) is 0.929. The molecule has 1 aliphatic carbocycles. The first-order valence-electron chi connectivity index (χ1n) is 7.15. The van der Waals surface area contributed by atoms with Crippen LogP contribution in [0.25, 0.3) is 0 Å². The third-order valence-corrected chi connectivity index (χ3v) is 4.55. The molecule has 2 rings (SSSR count). The van der Waals surface area contributed by atoms with Crippen LogP contribution in [0.15, 0.2) is 0 Å². The standard InChI is InChI=1S/C14H26N2O2S/c1-13(2,3)18-12(17)16-8-6-15(7-9-16)10-14(11-19)4-5-14/h19H,4-11H2,1-3H3. The van der Waals surface area contributed by atoms with Gasteiger partial charge in [0.05, 0.1) is 0 Å². The van der Waals surface area contributed by atoms with Crippen LogP contribution in [0.4, 0.5) is 4.79 Å². The fourth-order valence-electron chi connectivity index (χ4n) is 2.43. The van der Waals surface area contributed by atoms with E-state index in [-0.39, 0.29) is 6.09 Å². The SMILES string of the molecule is CC(C)(C)OC(=O)N1CCN(CC2(CS)CC2)CC1. The first-order valence-corrected chi connectivity index (χ1v) is 7.78. The second-order valence-corrected chi connectivity index (χ2v) is 7.22. The molecule has 5 heteroatoms. The molecule has 1 saturated heterocycles. The highest BCUT2D eigenvalue weighted by Crippen LogP contribution is 2.47. The molecule has 1 heterocycles. The molecule has 0 aromatic rings. The topological polar surface area (TPSA) is 32.8 Å². The fourth-order valence-corrected chi connectivity index (χ4v) is 2.85. The summed E-state index contributed by atoms with van der Waals surface area (Å²) in [5.41, 5.74) is 0.0650. The van der Waals surface area contributed by atoms with E-state index in [2.05, 4.69) is 17.5 Å². The molecule has 1 saturated carbocycles. The summed E-state index contributed by atoms with van der Waals surface area (Å²) < 4.78 is 5.40. The molecule has 0 unspecified atom stereocenters. The third kappa shape index (κ3) is 4.28. The number of nitrogens with zero attached hydrogens (tertiary/aromatic N) is 2. The van der Waals surface area contributed by atoms with Gasteiger partial charge in [-0.05, 0) is 44.8 Å². The van der Waals surface area contributed by atoms with Gasteiger partial charge in [-0.3, -0.25) is 4.90 Å². The van der Waals surface area contributed by atoms with Gasteiger partial charge in [0, 0.05) is 32.7 Å². The van der Waals surface area contributed by atoms with E-state index >= 15 is 0 Å². The van der Waals surface area contributed by atoms with Crippen molar-refractivity contribution < 1.29 is 9.53 Å². The summed E-state index contributed by atoms with van der Waals surface area (Å²) in [6.07, 6.45) is 2.44. The van der Waals surface area contributed by atoms with Crippen molar-refractivity contribution in [1.29, 1.82) is 0 Å². The maximum absolute atomic E-state index is 11.9. The normalized spacial score (nSPS) is 23.3. The average Bonchev–Trinajstić information content (AvgIpc) is 3.08. The van der Waals surface area contributed by atoms with Gasteiger partial charge in [0.1, 0.15) is 5.60 Å². The second-order valence-electron chi connectivity index (χ2n) is 6.90. The highest BCUT2D eigenvalue weighted by molar-refractivity contribution is 7.80. The van der Waals surface area contributed by atoms with E-state index in [9.17, 15) is 4.79 Å². The molecule has 0 atom stereocenters. The minimum absolute atomic E-state index is 0.178. The summed E-state index contributed by atoms with van der Waals surface area (Å²) in [4.78, 5) is 16.2. The van der Waals surface area contributed by atoms with Crippen LogP contribution in [0.1, 0.15) is 33.6 Å². The molecule has 4 nitrogen and oxygen atoms in total. The largest absolute Gasteiger partial charge is 0.444 e. The van der Waals surface area contributed by atoms with Crippen LogP contribution < -0.4 is 0 Å². The quantitative estimate of drug-likeness (QED) is 0.808. The number of hydrogen-bond donors (Lipinski definition) is 1. The molecule has 1 aliphatic heterocycles. The van der Waals surface area contributed by atoms with Gasteiger partial charge in [-0.1, -0.05) is 0 Å². The average molecular weight is 286 g/mol. The minimum atomic E-state index is -0.404. The Morgan fingerprint density at radius 3 is 2.21 bits per heavy atom. The number of carbonyl (C=O) groups is 1. The zero-order valence-electron chi connectivity index (χ0n) is 12.3. The maximum atomic E-state index is 11.9. The predicted octanol–water partition coefficient (Wildman–Crippen LogP) is 2.25. The van der Waals surface area contributed by atoms with Crippen LogP contribution in [0.2, 0.25) is 0 Å². The lowest BCUT2D eigenvalue weighted by Gasteiger charge is -2.37. The van der Waals surface area contributed by atoms with Crippen molar-refractivity contribution in [1.82, 2.24) is 9.80 Å². The zero-order valence-corrected chi connectivity index (χ0v) is 13.2. The van der Waals surface area contributed by atoms with Crippen LogP contribution in [-0.2, 0) is 4.74 Å². The predicted molar refractivity (Wildman–Crippen MR) is 79.8 cm³/mol. The second kappa shape index (κ2) is 5.52. The molecule has 19 heavy (non-hydrogen) atoms. The molecule has 0 aromatic heterocycles. The molecule has 0 aromatic carbocycles. The summed E-state index contributed by atoms with van der Waals surface area (Å²) >= 11 is 4.45. The summed E-state index contributed by atoms with van der Waals surface area (Å²) in [7, 11) is 0.